The Morgan fingerprint density at radius 2 is 1.67 bits per heavy atom. The van der Waals surface area contributed by atoms with Crippen molar-refractivity contribution in [2.75, 3.05) is 6.51 Å². The van der Waals surface area contributed by atoms with Gasteiger partial charge in [-0.3, -0.25) is 0 Å². The Balaban J connectivity index is 2.86. The van der Waals surface area contributed by atoms with E-state index in [4.69, 9.17) is 16.3 Å². The first-order valence-corrected chi connectivity index (χ1v) is 6.31. The van der Waals surface area contributed by atoms with Gasteiger partial charge in [-0.2, -0.15) is 0 Å². The van der Waals surface area contributed by atoms with Gasteiger partial charge in [0.1, 0.15) is 5.75 Å². The predicted octanol–water partition coefficient (Wildman–Crippen LogP) is 4.31. The van der Waals surface area contributed by atoms with Crippen LogP contribution < -0.4 is 4.74 Å². The predicted molar refractivity (Wildman–Crippen MR) is 71.5 cm³/mol. The van der Waals surface area contributed by atoms with Gasteiger partial charge in [0.15, 0.2) is 0 Å². The van der Waals surface area contributed by atoms with E-state index >= 15 is 0 Å². The van der Waals surface area contributed by atoms with Crippen LogP contribution in [0.3, 0.4) is 0 Å². The first-order chi connectivity index (χ1) is 6.79. The van der Waals surface area contributed by atoms with Crippen molar-refractivity contribution in [2.45, 2.75) is 0 Å². The number of ether oxygens (including phenoxy) is 1. The van der Waals surface area contributed by atoms with Crippen molar-refractivity contribution < 1.29 is 17.7 Å². The molecule has 0 spiro atoms. The van der Waals surface area contributed by atoms with Crippen molar-refractivity contribution in [1.82, 2.24) is 0 Å². The molecule has 0 saturated carbocycles. The number of hydrogen-bond acceptors (Lipinski definition) is 1. The fourth-order valence-corrected chi connectivity index (χ4v) is 3.51. The monoisotopic (exact) mass is 461 g/mol. The van der Waals surface area contributed by atoms with E-state index in [9.17, 15) is 12.9 Å². The molecule has 0 amide bonds. The van der Waals surface area contributed by atoms with E-state index in [1.165, 1.54) is 0 Å². The quantitative estimate of drug-likeness (QED) is 0.482. The fraction of sp³-hybridized carbons (Fsp3) is 0.143. The van der Waals surface area contributed by atoms with Crippen LogP contribution in [0.5, 0.6) is 5.75 Å². The van der Waals surface area contributed by atoms with E-state index in [1.807, 2.05) is 45.2 Å². The van der Waals surface area contributed by atoms with Crippen molar-refractivity contribution in [2.24, 2.45) is 0 Å². The average Bonchev–Trinajstić information content (AvgIpc) is 1.99. The second-order valence-corrected chi connectivity index (χ2v) is 5.48. The second kappa shape index (κ2) is 5.30. The Bertz CT molecular complexity index is 349. The molecule has 0 N–H and O–H groups in total. The first kappa shape index (κ1) is 13.7. The van der Waals surface area contributed by atoms with Crippen LogP contribution in [0.4, 0.5) is 12.9 Å². The summed E-state index contributed by atoms with van der Waals surface area (Å²) in [7, 11) is 0. The summed E-state index contributed by atoms with van der Waals surface area (Å²) >= 11 is 9.51. The van der Waals surface area contributed by atoms with Crippen molar-refractivity contribution >= 4 is 63.8 Å². The zero-order chi connectivity index (χ0) is 11.6. The van der Waals surface area contributed by atoms with Gasteiger partial charge in [-0.1, -0.05) is 11.6 Å². The maximum absolute atomic E-state index is 12.0. The Hall–Kier alpha value is 0.625. The highest BCUT2D eigenvalue weighted by Crippen LogP contribution is 2.31. The summed E-state index contributed by atoms with van der Waals surface area (Å²) in [6, 6.07) is 3.12. The minimum atomic E-state index is -4.93. The fourth-order valence-electron chi connectivity index (χ4n) is 0.845. The third kappa shape index (κ3) is 4.55. The zero-order valence-electron chi connectivity index (χ0n) is 7.12. The largest absolute Gasteiger partial charge is 0.520 e. The van der Waals surface area contributed by atoms with Crippen LogP contribution in [-0.4, -0.2) is 13.5 Å². The average molecular weight is 461 g/mol. The van der Waals surface area contributed by atoms with Crippen molar-refractivity contribution in [1.29, 1.82) is 0 Å². The molecule has 0 aliphatic rings. The van der Waals surface area contributed by atoms with Crippen molar-refractivity contribution in [3.63, 3.8) is 0 Å². The molecule has 0 aliphatic heterocycles. The van der Waals surface area contributed by atoms with E-state index < -0.39 is 13.5 Å². The second-order valence-electron chi connectivity index (χ2n) is 2.72. The topological polar surface area (TPSA) is 9.23 Å². The third-order valence-corrected chi connectivity index (χ3v) is 3.20. The number of halogens is 6. The van der Waals surface area contributed by atoms with E-state index in [1.54, 1.807) is 12.1 Å². The lowest BCUT2D eigenvalue weighted by Crippen LogP contribution is -2.26. The van der Waals surface area contributed by atoms with Gasteiger partial charge in [0.25, 0.3) is 0 Å². The molecule has 1 rings (SSSR count). The van der Waals surface area contributed by atoms with Gasteiger partial charge in [0.05, 0.1) is 13.6 Å². The maximum Gasteiger partial charge on any atom is 0.515 e. The molecule has 15 heavy (non-hydrogen) atoms. The lowest BCUT2D eigenvalue weighted by molar-refractivity contribution is 0.310. The third-order valence-electron chi connectivity index (χ3n) is 1.38. The van der Waals surface area contributed by atoms with Crippen molar-refractivity contribution in [3.05, 3.63) is 24.3 Å². The van der Waals surface area contributed by atoms with Gasteiger partial charge < -0.3 is 17.7 Å². The molecule has 0 aromatic heterocycles. The van der Waals surface area contributed by atoms with Gasteiger partial charge in [0.2, 0.25) is 0 Å². The highest BCUT2D eigenvalue weighted by molar-refractivity contribution is 14.1. The molecule has 8 heteroatoms. The Morgan fingerprint density at radius 3 is 2.07 bits per heavy atom. The van der Waals surface area contributed by atoms with Gasteiger partial charge in [0, 0.05) is 5.02 Å². The molecule has 0 bridgehead atoms. The maximum atomic E-state index is 12.0. The van der Waals surface area contributed by atoms with E-state index in [0.717, 1.165) is 0 Å². The highest BCUT2D eigenvalue weighted by atomic mass is 127. The molecule has 0 atom stereocenters. The van der Waals surface area contributed by atoms with Gasteiger partial charge in [-0.25, -0.2) is 0 Å². The summed E-state index contributed by atoms with van der Waals surface area (Å²) in [5, 5.41) is 0.480. The number of rotatable bonds is 3. The number of hydrogen-bond donors (Lipinski definition) is 0. The smallest absolute Gasteiger partial charge is 0.515 e. The van der Waals surface area contributed by atoms with Gasteiger partial charge in [-0.15, -0.1) is 0 Å². The van der Waals surface area contributed by atoms with Gasteiger partial charge in [-0.05, 0) is 57.3 Å². The highest BCUT2D eigenvalue weighted by Gasteiger charge is 2.25. The summed E-state index contributed by atoms with van der Waals surface area (Å²) in [6.45, 7) is -6.16. The minimum Gasteiger partial charge on any atom is -0.520 e. The van der Waals surface area contributed by atoms with Crippen LogP contribution in [0.15, 0.2) is 12.1 Å². The normalized spacial score (nSPS) is 11.6. The molecule has 1 aromatic rings. The molecule has 0 radical (unpaired) electrons. The Kier molecular flexibility index (Phi) is 4.84. The molecule has 1 aromatic carbocycles. The molecule has 84 valence electrons. The van der Waals surface area contributed by atoms with Crippen LogP contribution in [0.2, 0.25) is 5.02 Å². The summed E-state index contributed by atoms with van der Waals surface area (Å²) in [6.07, 6.45) is 0. The molecule has 0 fully saturated rings. The van der Waals surface area contributed by atoms with Gasteiger partial charge >= 0.3 is 6.98 Å². The first-order valence-electron chi connectivity index (χ1n) is 3.78. The van der Waals surface area contributed by atoms with Crippen LogP contribution in [0.1, 0.15) is 0 Å². The Morgan fingerprint density at radius 1 is 1.20 bits per heavy atom. The van der Waals surface area contributed by atoms with E-state index in [2.05, 4.69) is 0 Å². The standard InChI is InChI=1S/C7H4BClF3I2O/c9-4-1-5(13)7(6(14)2-4)15-3-8(10,11)12/h1-2H,3H2/q-1. The van der Waals surface area contributed by atoms with E-state index in [0.29, 0.717) is 12.2 Å². The molecular weight excluding hydrogens is 457 g/mol. The van der Waals surface area contributed by atoms with Crippen LogP contribution >= 0.6 is 56.8 Å². The Labute approximate surface area is 117 Å². The van der Waals surface area contributed by atoms with Crippen LogP contribution in [0, 0.1) is 7.14 Å². The lowest BCUT2D eigenvalue weighted by atomic mass is 9.95. The molecule has 0 heterocycles. The summed E-state index contributed by atoms with van der Waals surface area (Å²) in [4.78, 5) is 0. The van der Waals surface area contributed by atoms with Crippen molar-refractivity contribution in [3.8, 4) is 5.75 Å². The summed E-state index contributed by atoms with van der Waals surface area (Å²) in [5.74, 6) is 0.236. The van der Waals surface area contributed by atoms with E-state index in [-0.39, 0.29) is 5.75 Å². The van der Waals surface area contributed by atoms with Crippen LogP contribution in [0.25, 0.3) is 0 Å². The zero-order valence-corrected chi connectivity index (χ0v) is 12.2. The SMILES string of the molecule is F[B-](F)(F)COc1c(I)cc(Cl)cc1I. The molecule has 1 nitrogen and oxygen atoms in total. The summed E-state index contributed by atoms with van der Waals surface area (Å²) < 4.78 is 41.8. The molecule has 0 saturated heterocycles. The van der Waals surface area contributed by atoms with Crippen LogP contribution in [-0.2, 0) is 0 Å². The number of benzene rings is 1. The minimum absolute atomic E-state index is 0.236. The molecule has 0 aliphatic carbocycles. The molecular formula is C7H4BClF3I2O-. The molecule has 0 unspecified atom stereocenters. The lowest BCUT2D eigenvalue weighted by Gasteiger charge is -2.17. The summed E-state index contributed by atoms with van der Waals surface area (Å²) in [5.41, 5.74) is 0.